The van der Waals surface area contributed by atoms with E-state index in [1.807, 2.05) is 54.7 Å². The third kappa shape index (κ3) is 2.99. The molecule has 0 saturated carbocycles. The number of fused-ring (bicyclic) bond motifs is 1. The van der Waals surface area contributed by atoms with E-state index in [9.17, 15) is 4.79 Å². The van der Waals surface area contributed by atoms with Crippen LogP contribution in [0, 0.1) is 11.3 Å². The lowest BCUT2D eigenvalue weighted by Gasteiger charge is -2.05. The molecule has 0 aliphatic heterocycles. The molecule has 0 aliphatic carbocycles. The number of aromatic amines is 1. The van der Waals surface area contributed by atoms with Crippen molar-refractivity contribution in [3.05, 3.63) is 65.9 Å². The van der Waals surface area contributed by atoms with Crippen LogP contribution in [0.5, 0.6) is 0 Å². The number of benzene rings is 2. The lowest BCUT2D eigenvalue weighted by atomic mass is 10.1. The zero-order valence-electron chi connectivity index (χ0n) is 12.0. The van der Waals surface area contributed by atoms with Gasteiger partial charge in [-0.15, -0.1) is 0 Å². The normalized spacial score (nSPS) is 10.3. The first-order valence-corrected chi connectivity index (χ1v) is 7.07. The van der Waals surface area contributed by atoms with E-state index in [2.05, 4.69) is 16.4 Å². The topological polar surface area (TPSA) is 68.7 Å². The SMILES string of the molecule is N#CCc1ccc(NC(=O)Cc2c[nH]c3ccccc23)cc1. The Hall–Kier alpha value is -3.06. The molecule has 2 aromatic carbocycles. The van der Waals surface area contributed by atoms with Gasteiger partial charge >= 0.3 is 0 Å². The summed E-state index contributed by atoms with van der Waals surface area (Å²) < 4.78 is 0. The van der Waals surface area contributed by atoms with Gasteiger partial charge in [0.15, 0.2) is 0 Å². The van der Waals surface area contributed by atoms with Gasteiger partial charge in [-0.1, -0.05) is 30.3 Å². The van der Waals surface area contributed by atoms with Crippen molar-refractivity contribution in [2.24, 2.45) is 0 Å². The molecule has 0 saturated heterocycles. The van der Waals surface area contributed by atoms with Crippen LogP contribution in [0.2, 0.25) is 0 Å². The van der Waals surface area contributed by atoms with Crippen molar-refractivity contribution in [2.45, 2.75) is 12.8 Å². The molecule has 0 bridgehead atoms. The number of amides is 1. The highest BCUT2D eigenvalue weighted by Crippen LogP contribution is 2.18. The maximum Gasteiger partial charge on any atom is 0.228 e. The maximum atomic E-state index is 12.2. The van der Waals surface area contributed by atoms with Gasteiger partial charge in [0.05, 0.1) is 18.9 Å². The Morgan fingerprint density at radius 1 is 1.14 bits per heavy atom. The molecule has 0 atom stereocenters. The largest absolute Gasteiger partial charge is 0.361 e. The van der Waals surface area contributed by atoms with Crippen molar-refractivity contribution in [1.29, 1.82) is 5.26 Å². The molecule has 0 spiro atoms. The molecule has 108 valence electrons. The Balaban J connectivity index is 1.68. The minimum atomic E-state index is -0.0576. The maximum absolute atomic E-state index is 12.2. The van der Waals surface area contributed by atoms with Gasteiger partial charge in [0.25, 0.3) is 0 Å². The van der Waals surface area contributed by atoms with Gasteiger partial charge in [-0.25, -0.2) is 0 Å². The second-order valence-electron chi connectivity index (χ2n) is 5.12. The van der Waals surface area contributed by atoms with Crippen LogP contribution in [0.15, 0.2) is 54.7 Å². The van der Waals surface area contributed by atoms with Gasteiger partial charge in [0, 0.05) is 22.8 Å². The van der Waals surface area contributed by atoms with Gasteiger partial charge in [0.1, 0.15) is 0 Å². The van der Waals surface area contributed by atoms with E-state index in [0.717, 1.165) is 27.7 Å². The van der Waals surface area contributed by atoms with Gasteiger partial charge in [-0.2, -0.15) is 5.26 Å². The van der Waals surface area contributed by atoms with E-state index < -0.39 is 0 Å². The first kappa shape index (κ1) is 13.9. The summed E-state index contributed by atoms with van der Waals surface area (Å²) in [6, 6.07) is 17.4. The van der Waals surface area contributed by atoms with Gasteiger partial charge in [-0.3, -0.25) is 4.79 Å². The number of nitrogens with zero attached hydrogens (tertiary/aromatic N) is 1. The molecule has 22 heavy (non-hydrogen) atoms. The van der Waals surface area contributed by atoms with E-state index in [0.29, 0.717) is 12.8 Å². The Morgan fingerprint density at radius 2 is 1.91 bits per heavy atom. The number of anilines is 1. The molecule has 3 rings (SSSR count). The van der Waals surface area contributed by atoms with Gasteiger partial charge in [0.2, 0.25) is 5.91 Å². The number of nitrogens with one attached hydrogen (secondary N) is 2. The summed E-state index contributed by atoms with van der Waals surface area (Å²) in [5.41, 5.74) is 3.70. The Bertz CT molecular complexity index is 841. The van der Waals surface area contributed by atoms with E-state index in [4.69, 9.17) is 5.26 Å². The van der Waals surface area contributed by atoms with Gasteiger partial charge in [-0.05, 0) is 29.3 Å². The Morgan fingerprint density at radius 3 is 2.68 bits per heavy atom. The fourth-order valence-electron chi connectivity index (χ4n) is 2.45. The van der Waals surface area contributed by atoms with E-state index >= 15 is 0 Å². The van der Waals surface area contributed by atoms with Crippen molar-refractivity contribution in [3.8, 4) is 6.07 Å². The highest BCUT2D eigenvalue weighted by Gasteiger charge is 2.08. The molecular weight excluding hydrogens is 274 g/mol. The second kappa shape index (κ2) is 6.15. The lowest BCUT2D eigenvalue weighted by Crippen LogP contribution is -2.14. The zero-order valence-corrected chi connectivity index (χ0v) is 12.0. The Kier molecular flexibility index (Phi) is 3.88. The van der Waals surface area contributed by atoms with Gasteiger partial charge < -0.3 is 10.3 Å². The molecule has 1 heterocycles. The van der Waals surface area contributed by atoms with E-state index in [1.165, 1.54) is 0 Å². The number of carbonyl (C=O) groups is 1. The number of aromatic nitrogens is 1. The van der Waals surface area contributed by atoms with Crippen LogP contribution in [-0.4, -0.2) is 10.9 Å². The van der Waals surface area contributed by atoms with Crippen LogP contribution in [-0.2, 0) is 17.6 Å². The zero-order chi connectivity index (χ0) is 15.4. The average Bonchev–Trinajstić information content (AvgIpc) is 2.93. The lowest BCUT2D eigenvalue weighted by molar-refractivity contribution is -0.115. The minimum absolute atomic E-state index is 0.0576. The monoisotopic (exact) mass is 289 g/mol. The first-order valence-electron chi connectivity index (χ1n) is 7.07. The Labute approximate surface area is 128 Å². The molecule has 2 N–H and O–H groups in total. The number of H-pyrrole nitrogens is 1. The molecular formula is C18H15N3O. The van der Waals surface area contributed by atoms with Crippen molar-refractivity contribution < 1.29 is 4.79 Å². The number of nitriles is 1. The molecule has 3 aromatic rings. The molecule has 1 amide bonds. The summed E-state index contributed by atoms with van der Waals surface area (Å²) >= 11 is 0. The number of carbonyl (C=O) groups excluding carboxylic acids is 1. The van der Waals surface area contributed by atoms with Crippen LogP contribution in [0.4, 0.5) is 5.69 Å². The predicted molar refractivity (Wildman–Crippen MR) is 86.4 cm³/mol. The van der Waals surface area contributed by atoms with E-state index in [-0.39, 0.29) is 5.91 Å². The minimum Gasteiger partial charge on any atom is -0.361 e. The molecule has 0 radical (unpaired) electrons. The quantitative estimate of drug-likeness (QED) is 0.772. The van der Waals surface area contributed by atoms with Crippen molar-refractivity contribution in [1.82, 2.24) is 4.98 Å². The van der Waals surface area contributed by atoms with Crippen molar-refractivity contribution >= 4 is 22.5 Å². The summed E-state index contributed by atoms with van der Waals surface area (Å²) in [5.74, 6) is -0.0576. The van der Waals surface area contributed by atoms with Crippen molar-refractivity contribution in [3.63, 3.8) is 0 Å². The molecule has 4 heteroatoms. The van der Waals surface area contributed by atoms with Crippen LogP contribution < -0.4 is 5.32 Å². The summed E-state index contributed by atoms with van der Waals surface area (Å²) in [5, 5.41) is 12.6. The standard InChI is InChI=1S/C18H15N3O/c19-10-9-13-5-7-15(8-6-13)21-18(22)11-14-12-20-17-4-2-1-3-16(14)17/h1-8,12,20H,9,11H2,(H,21,22). The van der Waals surface area contributed by atoms with Crippen LogP contribution >= 0.6 is 0 Å². The number of hydrogen-bond donors (Lipinski definition) is 2. The molecule has 0 aliphatic rings. The predicted octanol–water partition coefficient (Wildman–Crippen LogP) is 3.42. The van der Waals surface area contributed by atoms with Crippen LogP contribution in [0.25, 0.3) is 10.9 Å². The highest BCUT2D eigenvalue weighted by atomic mass is 16.1. The molecule has 1 aromatic heterocycles. The second-order valence-corrected chi connectivity index (χ2v) is 5.12. The summed E-state index contributed by atoms with van der Waals surface area (Å²) in [6.45, 7) is 0. The fourth-order valence-corrected chi connectivity index (χ4v) is 2.45. The number of para-hydroxylation sites is 1. The fraction of sp³-hybridized carbons (Fsp3) is 0.111. The molecule has 4 nitrogen and oxygen atoms in total. The summed E-state index contributed by atoms with van der Waals surface area (Å²) in [7, 11) is 0. The number of rotatable bonds is 4. The van der Waals surface area contributed by atoms with E-state index in [1.54, 1.807) is 0 Å². The van der Waals surface area contributed by atoms with Crippen molar-refractivity contribution in [2.75, 3.05) is 5.32 Å². The molecule has 0 unspecified atom stereocenters. The molecule has 0 fully saturated rings. The smallest absolute Gasteiger partial charge is 0.228 e. The third-order valence-electron chi connectivity index (χ3n) is 3.55. The first-order chi connectivity index (χ1) is 10.8. The van der Waals surface area contributed by atoms with Crippen LogP contribution in [0.1, 0.15) is 11.1 Å². The van der Waals surface area contributed by atoms with Crippen LogP contribution in [0.3, 0.4) is 0 Å². The third-order valence-corrected chi connectivity index (χ3v) is 3.55. The highest BCUT2D eigenvalue weighted by molar-refractivity contribution is 5.95. The summed E-state index contributed by atoms with van der Waals surface area (Å²) in [4.78, 5) is 15.3. The average molecular weight is 289 g/mol. The number of hydrogen-bond acceptors (Lipinski definition) is 2. The summed E-state index contributed by atoms with van der Waals surface area (Å²) in [6.07, 6.45) is 2.58.